The van der Waals surface area contributed by atoms with Crippen molar-refractivity contribution in [3.05, 3.63) is 35.4 Å². The van der Waals surface area contributed by atoms with Crippen LogP contribution in [-0.2, 0) is 36.1 Å². The molecule has 3 rings (SSSR count). The summed E-state index contributed by atoms with van der Waals surface area (Å²) >= 11 is 0. The first-order valence-corrected chi connectivity index (χ1v) is 11.7. The normalized spacial score (nSPS) is 22.0. The number of benzene rings is 1. The van der Waals surface area contributed by atoms with E-state index in [0.29, 0.717) is 11.1 Å². The molecule has 2 amide bonds. The highest BCUT2D eigenvalue weighted by Crippen LogP contribution is 2.43. The molecule has 0 radical (unpaired) electrons. The van der Waals surface area contributed by atoms with Crippen molar-refractivity contribution in [2.45, 2.75) is 76.5 Å². The molecule has 0 bridgehead atoms. The number of halogens is 2. The number of piperidine rings is 1. The van der Waals surface area contributed by atoms with Gasteiger partial charge in [0, 0.05) is 32.4 Å². The summed E-state index contributed by atoms with van der Waals surface area (Å²) in [5.41, 5.74) is -0.807. The number of esters is 1. The molecule has 10 heteroatoms. The van der Waals surface area contributed by atoms with Crippen LogP contribution in [0.25, 0.3) is 0 Å². The molecule has 1 atom stereocenters. The third kappa shape index (κ3) is 6.84. The van der Waals surface area contributed by atoms with Crippen LogP contribution in [0, 0.1) is 5.92 Å². The largest absolute Gasteiger partial charge is 0.459 e. The topological polar surface area (TPSA) is 113 Å². The van der Waals surface area contributed by atoms with Crippen molar-refractivity contribution in [3.8, 4) is 0 Å². The first kappa shape index (κ1) is 26.7. The summed E-state index contributed by atoms with van der Waals surface area (Å²) < 4.78 is 32.1. The zero-order valence-corrected chi connectivity index (χ0v) is 20.2. The molecule has 1 unspecified atom stereocenters. The van der Waals surface area contributed by atoms with Gasteiger partial charge in [0.25, 0.3) is 0 Å². The summed E-state index contributed by atoms with van der Waals surface area (Å²) in [6.45, 7) is 4.87. The van der Waals surface area contributed by atoms with Gasteiger partial charge in [0.1, 0.15) is 12.1 Å². The van der Waals surface area contributed by atoms with Crippen LogP contribution in [0.4, 0.5) is 8.78 Å². The van der Waals surface area contributed by atoms with Crippen LogP contribution in [0.2, 0.25) is 0 Å². The van der Waals surface area contributed by atoms with Crippen molar-refractivity contribution in [3.63, 3.8) is 0 Å². The van der Waals surface area contributed by atoms with E-state index < -0.39 is 53.2 Å². The highest BCUT2D eigenvalue weighted by Gasteiger charge is 2.43. The number of carbonyl (C=O) groups is 4. The number of aliphatic hydroxyl groups is 1. The van der Waals surface area contributed by atoms with Gasteiger partial charge in [-0.2, -0.15) is 0 Å². The quantitative estimate of drug-likeness (QED) is 0.464. The van der Waals surface area contributed by atoms with Crippen LogP contribution in [0.3, 0.4) is 0 Å². The lowest BCUT2D eigenvalue weighted by Crippen LogP contribution is -2.52. The van der Waals surface area contributed by atoms with E-state index in [1.165, 1.54) is 4.90 Å². The van der Waals surface area contributed by atoms with Gasteiger partial charge < -0.3 is 20.1 Å². The van der Waals surface area contributed by atoms with E-state index in [2.05, 4.69) is 5.32 Å². The first-order valence-electron chi connectivity index (χ1n) is 11.7. The predicted octanol–water partition coefficient (Wildman–Crippen LogP) is 2.46. The summed E-state index contributed by atoms with van der Waals surface area (Å²) in [4.78, 5) is 51.0. The van der Waals surface area contributed by atoms with Crippen molar-refractivity contribution < 1.29 is 37.8 Å². The molecule has 35 heavy (non-hydrogen) atoms. The number of alkyl halides is 2. The molecule has 1 aliphatic carbocycles. The maximum absolute atomic E-state index is 13.5. The molecule has 192 valence electrons. The average molecular weight is 495 g/mol. The third-order valence-corrected chi connectivity index (χ3v) is 6.27. The number of hydrogen-bond acceptors (Lipinski definition) is 6. The van der Waals surface area contributed by atoms with Gasteiger partial charge in [-0.3, -0.25) is 19.2 Å². The van der Waals surface area contributed by atoms with E-state index in [1.807, 2.05) is 0 Å². The van der Waals surface area contributed by atoms with Gasteiger partial charge >= 0.3 is 5.97 Å². The van der Waals surface area contributed by atoms with Crippen molar-refractivity contribution in [1.29, 1.82) is 0 Å². The number of ketones is 1. The second kappa shape index (κ2) is 10.0. The third-order valence-electron chi connectivity index (χ3n) is 6.27. The zero-order valence-electron chi connectivity index (χ0n) is 20.2. The molecule has 2 aliphatic rings. The molecule has 1 aromatic carbocycles. The minimum absolute atomic E-state index is 0.00229. The minimum Gasteiger partial charge on any atom is -0.459 e. The highest BCUT2D eigenvalue weighted by atomic mass is 19.3. The second-order valence-electron chi connectivity index (χ2n) is 10.3. The van der Waals surface area contributed by atoms with Gasteiger partial charge in [-0.05, 0) is 44.7 Å². The van der Waals surface area contributed by atoms with Crippen LogP contribution in [0.15, 0.2) is 24.3 Å². The molecule has 1 saturated carbocycles. The maximum atomic E-state index is 13.5. The predicted molar refractivity (Wildman–Crippen MR) is 121 cm³/mol. The number of amides is 2. The molecule has 8 nitrogen and oxygen atoms in total. The Hall–Kier alpha value is -2.88. The minimum atomic E-state index is -2.76. The smallest absolute Gasteiger partial charge is 0.325 e. The van der Waals surface area contributed by atoms with Crippen LogP contribution in [0.5, 0.6) is 0 Å². The van der Waals surface area contributed by atoms with Crippen molar-refractivity contribution in [1.82, 2.24) is 10.2 Å². The Bertz CT molecular complexity index is 977. The number of likely N-dealkylation sites (tertiary alicyclic amines) is 1. The summed E-state index contributed by atoms with van der Waals surface area (Å²) in [5.74, 6) is -6.98. The fourth-order valence-electron chi connectivity index (χ4n) is 4.33. The summed E-state index contributed by atoms with van der Waals surface area (Å²) in [7, 11) is 0. The standard InChI is InChI=1S/C25H32F2N2O6/c1-23(2,3)35-19(31)14-28-21(32)20-18(30)8-13-29(22(20)33)15-16-4-6-17(7-5-16)24(34)9-11-25(26,27)12-10-24/h4-7,20,34H,8-15H2,1-3H3,(H,28,32). The van der Waals surface area contributed by atoms with Gasteiger partial charge in [-0.1, -0.05) is 24.3 Å². The Labute approximate surface area is 203 Å². The van der Waals surface area contributed by atoms with Gasteiger partial charge in [0.15, 0.2) is 11.7 Å². The van der Waals surface area contributed by atoms with E-state index in [1.54, 1.807) is 45.0 Å². The van der Waals surface area contributed by atoms with Gasteiger partial charge in [0.2, 0.25) is 17.7 Å². The Morgan fingerprint density at radius 2 is 1.71 bits per heavy atom. The second-order valence-corrected chi connectivity index (χ2v) is 10.3. The molecule has 1 aromatic rings. The molecule has 1 aliphatic heterocycles. The molecule has 0 aromatic heterocycles. The monoisotopic (exact) mass is 494 g/mol. The summed E-state index contributed by atoms with van der Waals surface area (Å²) in [6, 6.07) is 6.70. The number of nitrogens with zero attached hydrogens (tertiary/aromatic N) is 1. The Kier molecular flexibility index (Phi) is 7.64. The van der Waals surface area contributed by atoms with Gasteiger partial charge in [0.05, 0.1) is 5.60 Å². The van der Waals surface area contributed by atoms with Crippen molar-refractivity contribution in [2.24, 2.45) is 5.92 Å². The lowest BCUT2D eigenvalue weighted by Gasteiger charge is -2.36. The number of nitrogens with one attached hydrogen (secondary N) is 1. The summed E-state index contributed by atoms with van der Waals surface area (Å²) in [5, 5.41) is 13.1. The molecule has 1 saturated heterocycles. The van der Waals surface area contributed by atoms with Gasteiger partial charge in [-0.15, -0.1) is 0 Å². The molecular formula is C25H32F2N2O6. The first-order chi connectivity index (χ1) is 16.2. The SMILES string of the molecule is CC(C)(C)OC(=O)CNC(=O)C1C(=O)CCN(Cc2ccc(C3(O)CCC(F)(F)CC3)cc2)C1=O. The molecule has 2 N–H and O–H groups in total. The molecule has 1 heterocycles. The van der Waals surface area contributed by atoms with E-state index in [9.17, 15) is 33.1 Å². The van der Waals surface area contributed by atoms with E-state index in [-0.39, 0.29) is 45.2 Å². The maximum Gasteiger partial charge on any atom is 0.325 e. The highest BCUT2D eigenvalue weighted by molar-refractivity contribution is 6.19. The fourth-order valence-corrected chi connectivity index (χ4v) is 4.33. The zero-order chi connectivity index (χ0) is 26.0. The summed E-state index contributed by atoms with van der Waals surface area (Å²) in [6.07, 6.45) is -0.821. The fraction of sp³-hybridized carbons (Fsp3) is 0.600. The van der Waals surface area contributed by atoms with E-state index >= 15 is 0 Å². The number of carbonyl (C=O) groups excluding carboxylic acids is 4. The Morgan fingerprint density at radius 3 is 2.29 bits per heavy atom. The molecule has 2 fully saturated rings. The Morgan fingerprint density at radius 1 is 1.11 bits per heavy atom. The van der Waals surface area contributed by atoms with E-state index in [4.69, 9.17) is 4.74 Å². The lowest BCUT2D eigenvalue weighted by atomic mass is 9.78. The number of Topliss-reactive ketones (excluding diaryl/α,β-unsaturated/α-hetero) is 1. The van der Waals surface area contributed by atoms with Crippen molar-refractivity contribution >= 4 is 23.6 Å². The molecular weight excluding hydrogens is 462 g/mol. The number of rotatable bonds is 6. The van der Waals surface area contributed by atoms with Crippen molar-refractivity contribution in [2.75, 3.05) is 13.1 Å². The van der Waals surface area contributed by atoms with Gasteiger partial charge in [-0.25, -0.2) is 8.78 Å². The lowest BCUT2D eigenvalue weighted by molar-refractivity contribution is -0.157. The number of hydrogen-bond donors (Lipinski definition) is 2. The van der Waals surface area contributed by atoms with E-state index in [0.717, 1.165) is 0 Å². The Balaban J connectivity index is 1.60. The average Bonchev–Trinajstić information content (AvgIpc) is 2.76. The number of ether oxygens (including phenoxy) is 1. The van der Waals surface area contributed by atoms with Crippen LogP contribution in [-0.4, -0.2) is 58.2 Å². The van der Waals surface area contributed by atoms with Crippen LogP contribution >= 0.6 is 0 Å². The van der Waals surface area contributed by atoms with Crippen LogP contribution in [0.1, 0.15) is 64.0 Å². The molecule has 0 spiro atoms. The van der Waals surface area contributed by atoms with Crippen LogP contribution < -0.4 is 5.32 Å².